The molecule has 18 heavy (non-hydrogen) atoms. The normalized spacial score (nSPS) is 12.7. The SMILES string of the molecule is CNC(c1cc(Cl)sc1Cl)c1c(F)cccc1F. The summed E-state index contributed by atoms with van der Waals surface area (Å²) in [5.74, 6) is -1.24. The number of hydrogen-bond donors (Lipinski definition) is 1. The fourth-order valence-electron chi connectivity index (χ4n) is 1.79. The number of thiophene rings is 1. The zero-order valence-electron chi connectivity index (χ0n) is 9.31. The Hall–Kier alpha value is -0.680. The van der Waals surface area contributed by atoms with E-state index in [1.54, 1.807) is 13.1 Å². The van der Waals surface area contributed by atoms with Gasteiger partial charge in [0.2, 0.25) is 0 Å². The van der Waals surface area contributed by atoms with Crippen LogP contribution in [0.5, 0.6) is 0 Å². The lowest BCUT2D eigenvalue weighted by Crippen LogP contribution is -2.20. The minimum absolute atomic E-state index is 0.0589. The summed E-state index contributed by atoms with van der Waals surface area (Å²) >= 11 is 13.0. The van der Waals surface area contributed by atoms with Crippen LogP contribution in [0.2, 0.25) is 8.67 Å². The van der Waals surface area contributed by atoms with E-state index in [4.69, 9.17) is 23.2 Å². The van der Waals surface area contributed by atoms with Crippen molar-refractivity contribution in [2.75, 3.05) is 7.05 Å². The van der Waals surface area contributed by atoms with Gasteiger partial charge in [-0.15, -0.1) is 11.3 Å². The molecular weight excluding hydrogens is 299 g/mol. The van der Waals surface area contributed by atoms with Crippen LogP contribution in [0.3, 0.4) is 0 Å². The first-order valence-corrected chi connectivity index (χ1v) is 6.67. The highest BCUT2D eigenvalue weighted by atomic mass is 35.5. The lowest BCUT2D eigenvalue weighted by Gasteiger charge is -2.17. The smallest absolute Gasteiger partial charge is 0.131 e. The summed E-state index contributed by atoms with van der Waals surface area (Å²) in [7, 11) is 1.61. The van der Waals surface area contributed by atoms with E-state index in [1.807, 2.05) is 0 Å². The van der Waals surface area contributed by atoms with Gasteiger partial charge in [-0.1, -0.05) is 29.3 Å². The minimum Gasteiger partial charge on any atom is -0.309 e. The Morgan fingerprint density at radius 2 is 1.83 bits per heavy atom. The van der Waals surface area contributed by atoms with Gasteiger partial charge in [-0.3, -0.25) is 0 Å². The van der Waals surface area contributed by atoms with Gasteiger partial charge < -0.3 is 5.32 Å². The molecule has 0 saturated carbocycles. The Morgan fingerprint density at radius 1 is 1.22 bits per heavy atom. The number of nitrogens with one attached hydrogen (secondary N) is 1. The molecule has 1 heterocycles. The van der Waals surface area contributed by atoms with Crippen LogP contribution in [0.1, 0.15) is 17.2 Å². The predicted molar refractivity (Wildman–Crippen MR) is 71.6 cm³/mol. The van der Waals surface area contributed by atoms with Crippen LogP contribution in [0.25, 0.3) is 0 Å². The Labute approximate surface area is 117 Å². The van der Waals surface area contributed by atoms with Gasteiger partial charge in [-0.2, -0.15) is 0 Å². The zero-order valence-corrected chi connectivity index (χ0v) is 11.6. The molecule has 1 atom stereocenters. The lowest BCUT2D eigenvalue weighted by molar-refractivity contribution is 0.522. The molecular formula is C12H9Cl2F2NS. The van der Waals surface area contributed by atoms with Crippen LogP contribution in [0.4, 0.5) is 8.78 Å². The third-order valence-electron chi connectivity index (χ3n) is 2.57. The van der Waals surface area contributed by atoms with E-state index >= 15 is 0 Å². The molecule has 0 fully saturated rings. The summed E-state index contributed by atoms with van der Waals surface area (Å²) in [5, 5.41) is 2.85. The van der Waals surface area contributed by atoms with Crippen LogP contribution < -0.4 is 5.32 Å². The van der Waals surface area contributed by atoms with E-state index in [9.17, 15) is 8.78 Å². The molecule has 1 aromatic heterocycles. The zero-order chi connectivity index (χ0) is 13.3. The van der Waals surface area contributed by atoms with Gasteiger partial charge in [-0.05, 0) is 25.2 Å². The van der Waals surface area contributed by atoms with E-state index in [2.05, 4.69) is 5.32 Å². The van der Waals surface area contributed by atoms with Gasteiger partial charge in [0.15, 0.2) is 0 Å². The van der Waals surface area contributed by atoms with Gasteiger partial charge >= 0.3 is 0 Å². The summed E-state index contributed by atoms with van der Waals surface area (Å²) in [6.07, 6.45) is 0. The quantitative estimate of drug-likeness (QED) is 0.871. The van der Waals surface area contributed by atoms with Crippen LogP contribution in [-0.4, -0.2) is 7.05 Å². The van der Waals surface area contributed by atoms with Crippen molar-refractivity contribution >= 4 is 34.5 Å². The molecule has 6 heteroatoms. The number of benzene rings is 1. The van der Waals surface area contributed by atoms with Gasteiger partial charge in [0.05, 0.1) is 14.7 Å². The number of hydrogen-bond acceptors (Lipinski definition) is 2. The van der Waals surface area contributed by atoms with Gasteiger partial charge in [-0.25, -0.2) is 8.78 Å². The molecule has 0 spiro atoms. The van der Waals surface area contributed by atoms with Crippen molar-refractivity contribution in [1.29, 1.82) is 0 Å². The Bertz CT molecular complexity index is 551. The summed E-state index contributed by atoms with van der Waals surface area (Å²) in [5.41, 5.74) is 0.509. The molecule has 2 aromatic rings. The van der Waals surface area contributed by atoms with Gasteiger partial charge in [0.1, 0.15) is 11.6 Å². The van der Waals surface area contributed by atoms with Crippen LogP contribution >= 0.6 is 34.5 Å². The monoisotopic (exact) mass is 307 g/mol. The van der Waals surface area contributed by atoms with Gasteiger partial charge in [0, 0.05) is 11.1 Å². The highest BCUT2D eigenvalue weighted by Crippen LogP contribution is 2.38. The molecule has 0 amide bonds. The third kappa shape index (κ3) is 2.52. The molecule has 1 unspecified atom stereocenters. The largest absolute Gasteiger partial charge is 0.309 e. The van der Waals surface area contributed by atoms with E-state index in [0.717, 1.165) is 0 Å². The van der Waals surface area contributed by atoms with Gasteiger partial charge in [0.25, 0.3) is 0 Å². The van der Waals surface area contributed by atoms with Crippen molar-refractivity contribution in [2.24, 2.45) is 0 Å². The molecule has 1 aromatic carbocycles. The van der Waals surface area contributed by atoms with Crippen molar-refractivity contribution in [3.8, 4) is 0 Å². The minimum atomic E-state index is -0.664. The molecule has 0 radical (unpaired) electrons. The van der Waals surface area contributed by atoms with Crippen molar-refractivity contribution in [3.63, 3.8) is 0 Å². The fraction of sp³-hybridized carbons (Fsp3) is 0.167. The molecule has 96 valence electrons. The van der Waals surface area contributed by atoms with Crippen molar-refractivity contribution in [1.82, 2.24) is 5.32 Å². The maximum atomic E-state index is 13.8. The summed E-state index contributed by atoms with van der Waals surface area (Å²) in [6, 6.07) is 4.70. The van der Waals surface area contributed by atoms with Crippen molar-refractivity contribution < 1.29 is 8.78 Å². The molecule has 0 aliphatic rings. The highest BCUT2D eigenvalue weighted by molar-refractivity contribution is 7.20. The maximum Gasteiger partial charge on any atom is 0.131 e. The van der Waals surface area contributed by atoms with Crippen LogP contribution in [-0.2, 0) is 0 Å². The Balaban J connectivity index is 2.55. The van der Waals surface area contributed by atoms with E-state index in [0.29, 0.717) is 14.2 Å². The summed E-state index contributed by atoms with van der Waals surface area (Å²) in [4.78, 5) is 0. The average Bonchev–Trinajstić information content (AvgIpc) is 2.63. The molecule has 1 nitrogen and oxygen atoms in total. The Kier molecular flexibility index (Phi) is 4.22. The maximum absolute atomic E-state index is 13.8. The van der Waals surface area contributed by atoms with Crippen LogP contribution in [0.15, 0.2) is 24.3 Å². The molecule has 0 saturated heterocycles. The highest BCUT2D eigenvalue weighted by Gasteiger charge is 2.23. The first-order chi connectivity index (χ1) is 8.54. The van der Waals surface area contributed by atoms with Crippen LogP contribution in [0, 0.1) is 11.6 Å². The Morgan fingerprint density at radius 3 is 2.28 bits per heavy atom. The lowest BCUT2D eigenvalue weighted by atomic mass is 10.0. The third-order valence-corrected chi connectivity index (χ3v) is 4.09. The second-order valence-corrected chi connectivity index (χ2v) is 5.92. The fourth-order valence-corrected chi connectivity index (χ4v) is 3.32. The van der Waals surface area contributed by atoms with Crippen molar-refractivity contribution in [2.45, 2.75) is 6.04 Å². The second-order valence-electron chi connectivity index (χ2n) is 3.64. The number of rotatable bonds is 3. The van der Waals surface area contributed by atoms with E-state index < -0.39 is 17.7 Å². The molecule has 0 bridgehead atoms. The molecule has 1 N–H and O–H groups in total. The summed E-state index contributed by atoms with van der Waals surface area (Å²) < 4.78 is 28.4. The topological polar surface area (TPSA) is 12.0 Å². The van der Waals surface area contributed by atoms with E-state index in [1.165, 1.54) is 29.5 Å². The predicted octanol–water partition coefficient (Wildman–Crippen LogP) is 4.64. The van der Waals surface area contributed by atoms with E-state index in [-0.39, 0.29) is 5.56 Å². The molecule has 0 aliphatic carbocycles. The first-order valence-electron chi connectivity index (χ1n) is 5.10. The number of halogens is 4. The first kappa shape index (κ1) is 13.7. The standard InChI is InChI=1S/C12H9Cl2F2NS/c1-17-11(6-5-9(13)18-12(6)14)10-7(15)3-2-4-8(10)16/h2-5,11,17H,1H3. The molecule has 2 rings (SSSR count). The van der Waals surface area contributed by atoms with Crippen molar-refractivity contribution in [3.05, 3.63) is 55.7 Å². The molecule has 0 aliphatic heterocycles. The summed E-state index contributed by atoms with van der Waals surface area (Å²) in [6.45, 7) is 0. The average molecular weight is 308 g/mol. The second kappa shape index (κ2) is 5.53.